The van der Waals surface area contributed by atoms with Crippen molar-refractivity contribution in [1.82, 2.24) is 19.8 Å². The van der Waals surface area contributed by atoms with Crippen molar-refractivity contribution in [3.8, 4) is 5.75 Å². The number of ether oxygens (including phenoxy) is 2. The molecule has 1 saturated heterocycles. The summed E-state index contributed by atoms with van der Waals surface area (Å²) in [7, 11) is 0. The molecule has 1 fully saturated rings. The van der Waals surface area contributed by atoms with E-state index in [-0.39, 0.29) is 12.0 Å². The Kier molecular flexibility index (Phi) is 8.59. The molecule has 2 amide bonds. The number of aryl methyl sites for hydroxylation is 1. The zero-order valence-corrected chi connectivity index (χ0v) is 23.3. The maximum absolute atomic E-state index is 13.1. The van der Waals surface area contributed by atoms with Gasteiger partial charge in [0.05, 0.1) is 17.6 Å². The number of unbranched alkanes of at least 4 members (excludes halogenated alkanes) is 1. The van der Waals surface area contributed by atoms with Crippen molar-refractivity contribution in [2.45, 2.75) is 65.4 Å². The highest BCUT2D eigenvalue weighted by atomic mass is 16.6. The van der Waals surface area contributed by atoms with E-state index >= 15 is 0 Å². The van der Waals surface area contributed by atoms with Crippen molar-refractivity contribution in [1.29, 1.82) is 0 Å². The predicted octanol–water partition coefficient (Wildman–Crippen LogP) is 5.78. The fourth-order valence-electron chi connectivity index (χ4n) is 4.47. The van der Waals surface area contributed by atoms with Gasteiger partial charge in [-0.3, -0.25) is 4.79 Å². The van der Waals surface area contributed by atoms with Crippen molar-refractivity contribution in [2.24, 2.45) is 0 Å². The molecule has 0 atom stereocenters. The number of hydrogen-bond donors (Lipinski definition) is 1. The van der Waals surface area contributed by atoms with Crippen LogP contribution in [0.3, 0.4) is 0 Å². The molecule has 204 valence electrons. The number of benzene rings is 2. The van der Waals surface area contributed by atoms with Crippen LogP contribution < -0.4 is 4.74 Å². The lowest BCUT2D eigenvalue weighted by atomic mass is 10.0. The molecule has 0 radical (unpaired) electrons. The van der Waals surface area contributed by atoms with Gasteiger partial charge in [0.15, 0.2) is 5.82 Å². The highest BCUT2D eigenvalue weighted by Crippen LogP contribution is 2.21. The molecule has 0 saturated carbocycles. The fraction of sp³-hybridized carbons (Fsp3) is 0.500. The molecule has 0 bridgehead atoms. The molecule has 8 nitrogen and oxygen atoms in total. The van der Waals surface area contributed by atoms with Gasteiger partial charge in [0.2, 0.25) is 0 Å². The van der Waals surface area contributed by atoms with Crippen LogP contribution >= 0.6 is 0 Å². The van der Waals surface area contributed by atoms with Crippen LogP contribution in [0.15, 0.2) is 42.5 Å². The second-order valence-electron chi connectivity index (χ2n) is 11.2. The Balaban J connectivity index is 1.25. The van der Waals surface area contributed by atoms with E-state index in [4.69, 9.17) is 9.47 Å². The molecular weight excluding hydrogens is 480 g/mol. The number of carbonyl (C=O) groups is 2. The number of imidazole rings is 1. The Morgan fingerprint density at radius 1 is 1.00 bits per heavy atom. The molecule has 2 aromatic carbocycles. The number of H-pyrrole nitrogens is 1. The van der Waals surface area contributed by atoms with E-state index in [1.54, 1.807) is 9.80 Å². The van der Waals surface area contributed by atoms with Gasteiger partial charge < -0.3 is 24.3 Å². The number of fused-ring (bicyclic) bond motifs is 1. The maximum atomic E-state index is 13.1. The Morgan fingerprint density at radius 2 is 1.74 bits per heavy atom. The monoisotopic (exact) mass is 520 g/mol. The van der Waals surface area contributed by atoms with E-state index in [1.165, 1.54) is 11.1 Å². The summed E-state index contributed by atoms with van der Waals surface area (Å²) in [5, 5.41) is 0. The number of rotatable bonds is 8. The fourth-order valence-corrected chi connectivity index (χ4v) is 4.47. The molecule has 1 aliphatic rings. The smallest absolute Gasteiger partial charge is 0.410 e. The Bertz CT molecular complexity index is 1250. The first-order valence-corrected chi connectivity index (χ1v) is 13.6. The second-order valence-corrected chi connectivity index (χ2v) is 11.2. The molecule has 0 aliphatic carbocycles. The lowest BCUT2D eigenvalue weighted by molar-refractivity contribution is 0.0139. The summed E-state index contributed by atoms with van der Waals surface area (Å²) in [4.78, 5) is 36.5. The van der Waals surface area contributed by atoms with E-state index in [2.05, 4.69) is 48.1 Å². The summed E-state index contributed by atoms with van der Waals surface area (Å²) in [6, 6.07) is 14.4. The summed E-state index contributed by atoms with van der Waals surface area (Å²) in [5.41, 5.74) is 3.59. The average molecular weight is 521 g/mol. The first kappa shape index (κ1) is 27.5. The van der Waals surface area contributed by atoms with Gasteiger partial charge in [-0.15, -0.1) is 0 Å². The van der Waals surface area contributed by atoms with E-state index in [0.29, 0.717) is 44.5 Å². The Morgan fingerprint density at radius 3 is 2.45 bits per heavy atom. The number of piperazine rings is 1. The standard InChI is InChI=1S/C30H40N4O4/c1-21(2)23-10-8-11-24(20-23)37-18-7-6-9-22-12-13-25-26(19-22)32-27(31-25)28(35)33-14-16-34(17-15-33)29(36)38-30(3,4)5/h8,10-13,19-21H,6-7,9,14-18H2,1-5H3,(H,31,32). The number of aromatic nitrogens is 2. The third kappa shape index (κ3) is 7.27. The van der Waals surface area contributed by atoms with Gasteiger partial charge in [-0.1, -0.05) is 32.0 Å². The molecule has 4 rings (SSSR count). The largest absolute Gasteiger partial charge is 0.494 e. The van der Waals surface area contributed by atoms with Crippen LogP contribution in [0.4, 0.5) is 4.79 Å². The molecule has 1 aromatic heterocycles. The van der Waals surface area contributed by atoms with Crippen molar-refractivity contribution in [3.05, 3.63) is 59.4 Å². The van der Waals surface area contributed by atoms with Crippen LogP contribution in [0, 0.1) is 0 Å². The van der Waals surface area contributed by atoms with Crippen molar-refractivity contribution in [2.75, 3.05) is 32.8 Å². The third-order valence-corrected chi connectivity index (χ3v) is 6.62. The van der Waals surface area contributed by atoms with Crippen LogP contribution in [0.25, 0.3) is 11.0 Å². The zero-order valence-electron chi connectivity index (χ0n) is 23.3. The zero-order chi connectivity index (χ0) is 27.3. The Labute approximate surface area is 225 Å². The van der Waals surface area contributed by atoms with Gasteiger partial charge in [-0.2, -0.15) is 0 Å². The minimum absolute atomic E-state index is 0.148. The lowest BCUT2D eigenvalue weighted by Crippen LogP contribution is -2.51. The minimum atomic E-state index is -0.537. The number of hydrogen-bond acceptors (Lipinski definition) is 5. The van der Waals surface area contributed by atoms with E-state index in [9.17, 15) is 9.59 Å². The number of nitrogens with zero attached hydrogens (tertiary/aromatic N) is 3. The van der Waals surface area contributed by atoms with Gasteiger partial charge in [-0.25, -0.2) is 9.78 Å². The van der Waals surface area contributed by atoms with Crippen molar-refractivity contribution < 1.29 is 19.1 Å². The molecule has 3 aromatic rings. The van der Waals surface area contributed by atoms with Crippen LogP contribution in [-0.2, 0) is 11.2 Å². The van der Waals surface area contributed by atoms with Gasteiger partial charge in [0.1, 0.15) is 11.4 Å². The van der Waals surface area contributed by atoms with Crippen LogP contribution in [0.2, 0.25) is 0 Å². The molecular formula is C30H40N4O4. The predicted molar refractivity (Wildman–Crippen MR) is 149 cm³/mol. The van der Waals surface area contributed by atoms with E-state index < -0.39 is 5.60 Å². The lowest BCUT2D eigenvalue weighted by Gasteiger charge is -2.35. The summed E-state index contributed by atoms with van der Waals surface area (Å²) in [5.74, 6) is 1.60. The summed E-state index contributed by atoms with van der Waals surface area (Å²) in [6.07, 6.45) is 2.57. The van der Waals surface area contributed by atoms with Gasteiger partial charge in [-0.05, 0) is 81.3 Å². The number of amides is 2. The molecule has 0 unspecified atom stereocenters. The SMILES string of the molecule is CC(C)c1cccc(OCCCCc2ccc3nc(C(=O)N4CCN(C(=O)OC(C)(C)C)CC4)[nH]c3c2)c1. The van der Waals surface area contributed by atoms with Gasteiger partial charge in [0, 0.05) is 26.2 Å². The third-order valence-electron chi connectivity index (χ3n) is 6.62. The normalized spacial score (nSPS) is 14.3. The topological polar surface area (TPSA) is 87.8 Å². The first-order chi connectivity index (χ1) is 18.1. The second kappa shape index (κ2) is 11.9. The quantitative estimate of drug-likeness (QED) is 0.380. The average Bonchev–Trinajstić information content (AvgIpc) is 3.31. The van der Waals surface area contributed by atoms with Gasteiger partial charge in [0.25, 0.3) is 5.91 Å². The highest BCUT2D eigenvalue weighted by molar-refractivity contribution is 5.94. The summed E-state index contributed by atoms with van der Waals surface area (Å²) < 4.78 is 11.4. The highest BCUT2D eigenvalue weighted by Gasteiger charge is 2.29. The molecule has 2 heterocycles. The van der Waals surface area contributed by atoms with Crippen LogP contribution in [-0.4, -0.2) is 70.2 Å². The van der Waals surface area contributed by atoms with E-state index in [0.717, 1.165) is 36.0 Å². The Hall–Kier alpha value is -3.55. The van der Waals surface area contributed by atoms with Crippen molar-refractivity contribution in [3.63, 3.8) is 0 Å². The number of carbonyl (C=O) groups excluding carboxylic acids is 2. The summed E-state index contributed by atoms with van der Waals surface area (Å²) >= 11 is 0. The molecule has 1 N–H and O–H groups in total. The van der Waals surface area contributed by atoms with Crippen molar-refractivity contribution >= 4 is 23.0 Å². The maximum Gasteiger partial charge on any atom is 0.410 e. The molecule has 38 heavy (non-hydrogen) atoms. The summed E-state index contributed by atoms with van der Waals surface area (Å²) in [6.45, 7) is 12.4. The van der Waals surface area contributed by atoms with Crippen LogP contribution in [0.1, 0.15) is 75.1 Å². The van der Waals surface area contributed by atoms with Gasteiger partial charge >= 0.3 is 6.09 Å². The van der Waals surface area contributed by atoms with Crippen LogP contribution in [0.5, 0.6) is 5.75 Å². The molecule has 1 aliphatic heterocycles. The molecule has 0 spiro atoms. The first-order valence-electron chi connectivity index (χ1n) is 13.6. The minimum Gasteiger partial charge on any atom is -0.494 e. The number of nitrogens with one attached hydrogen (secondary N) is 1. The number of aromatic amines is 1. The van der Waals surface area contributed by atoms with E-state index in [1.807, 2.05) is 39.0 Å². The molecule has 8 heteroatoms.